The molecule has 0 unspecified atom stereocenters. The molecule has 4 rings (SSSR count). The zero-order valence-corrected chi connectivity index (χ0v) is 13.0. The molecule has 0 bridgehead atoms. The van der Waals surface area contributed by atoms with E-state index < -0.39 is 0 Å². The monoisotopic (exact) mass is 315 g/mol. The van der Waals surface area contributed by atoms with Crippen molar-refractivity contribution in [3.05, 3.63) is 67.0 Å². The lowest BCUT2D eigenvalue weighted by Crippen LogP contribution is -1.95. The van der Waals surface area contributed by atoms with Crippen molar-refractivity contribution in [3.63, 3.8) is 0 Å². The first-order valence-corrected chi connectivity index (χ1v) is 7.61. The highest BCUT2D eigenvalue weighted by molar-refractivity contribution is 5.99. The zero-order valence-electron chi connectivity index (χ0n) is 13.0. The second-order valence-electron chi connectivity index (χ2n) is 5.73. The normalized spacial score (nSPS) is 11.0. The number of anilines is 3. The van der Waals surface area contributed by atoms with Gasteiger partial charge < -0.3 is 17.2 Å². The van der Waals surface area contributed by atoms with Gasteiger partial charge in [-0.15, -0.1) is 0 Å². The number of nitrogens with zero attached hydrogens (tertiary/aromatic N) is 2. The van der Waals surface area contributed by atoms with Crippen molar-refractivity contribution in [2.45, 2.75) is 0 Å². The Labute approximate surface area is 139 Å². The van der Waals surface area contributed by atoms with E-state index in [1.807, 2.05) is 65.2 Å². The molecule has 0 amide bonds. The molecule has 0 aliphatic heterocycles. The van der Waals surface area contributed by atoms with Crippen LogP contribution in [0.3, 0.4) is 0 Å². The van der Waals surface area contributed by atoms with Gasteiger partial charge in [-0.2, -0.15) is 0 Å². The van der Waals surface area contributed by atoms with E-state index >= 15 is 0 Å². The molecule has 0 aliphatic carbocycles. The molecule has 118 valence electrons. The van der Waals surface area contributed by atoms with Crippen LogP contribution < -0.4 is 17.2 Å². The number of rotatable bonds is 2. The SMILES string of the molecule is Nc1ccc(-c2c(N)ccc3c2ncn3-c2ccc(N)cc2)cc1. The van der Waals surface area contributed by atoms with Crippen LogP contribution in [-0.4, -0.2) is 9.55 Å². The minimum absolute atomic E-state index is 0.690. The van der Waals surface area contributed by atoms with Crippen LogP contribution in [0, 0.1) is 0 Å². The average Bonchev–Trinajstić information content (AvgIpc) is 3.00. The number of fused-ring (bicyclic) bond motifs is 1. The van der Waals surface area contributed by atoms with Gasteiger partial charge in [0.05, 0.1) is 11.0 Å². The molecule has 0 radical (unpaired) electrons. The average molecular weight is 315 g/mol. The van der Waals surface area contributed by atoms with Crippen LogP contribution in [0.1, 0.15) is 0 Å². The summed E-state index contributed by atoms with van der Waals surface area (Å²) in [4.78, 5) is 4.60. The van der Waals surface area contributed by atoms with Gasteiger partial charge in [0.2, 0.25) is 0 Å². The zero-order chi connectivity index (χ0) is 16.7. The minimum Gasteiger partial charge on any atom is -0.399 e. The predicted molar refractivity (Wildman–Crippen MR) is 99.7 cm³/mol. The molecule has 4 aromatic rings. The van der Waals surface area contributed by atoms with Gasteiger partial charge in [-0.3, -0.25) is 4.57 Å². The second kappa shape index (κ2) is 5.31. The number of hydrogen-bond donors (Lipinski definition) is 3. The van der Waals surface area contributed by atoms with Gasteiger partial charge in [0.1, 0.15) is 6.33 Å². The summed E-state index contributed by atoms with van der Waals surface area (Å²) in [6.45, 7) is 0. The maximum atomic E-state index is 6.23. The van der Waals surface area contributed by atoms with Crippen molar-refractivity contribution in [2.75, 3.05) is 17.2 Å². The lowest BCUT2D eigenvalue weighted by atomic mass is 10.0. The van der Waals surface area contributed by atoms with E-state index in [-0.39, 0.29) is 0 Å². The molecule has 0 fully saturated rings. The summed E-state index contributed by atoms with van der Waals surface area (Å²) < 4.78 is 2.02. The first-order chi connectivity index (χ1) is 11.6. The van der Waals surface area contributed by atoms with Crippen LogP contribution in [0.15, 0.2) is 67.0 Å². The van der Waals surface area contributed by atoms with E-state index in [2.05, 4.69) is 4.98 Å². The van der Waals surface area contributed by atoms with E-state index in [4.69, 9.17) is 17.2 Å². The van der Waals surface area contributed by atoms with Crippen LogP contribution in [0.2, 0.25) is 0 Å². The number of nitrogens with two attached hydrogens (primary N) is 3. The molecule has 1 aromatic heterocycles. The Balaban J connectivity index is 1.94. The standard InChI is InChI=1S/C19H17N5/c20-13-3-1-12(2-4-13)18-16(22)9-10-17-19(18)23-11-24(17)15-7-5-14(21)6-8-15/h1-11H,20-22H2. The fourth-order valence-corrected chi connectivity index (χ4v) is 2.89. The lowest BCUT2D eigenvalue weighted by Gasteiger charge is -2.09. The Morgan fingerprint density at radius 2 is 1.33 bits per heavy atom. The number of aromatic nitrogens is 2. The Morgan fingerprint density at radius 1 is 0.708 bits per heavy atom. The summed E-state index contributed by atoms with van der Waals surface area (Å²) in [6, 6.07) is 19.2. The van der Waals surface area contributed by atoms with E-state index in [9.17, 15) is 0 Å². The third-order valence-electron chi connectivity index (χ3n) is 4.12. The quantitative estimate of drug-likeness (QED) is 0.494. The van der Waals surface area contributed by atoms with Gasteiger partial charge in [-0.1, -0.05) is 12.1 Å². The van der Waals surface area contributed by atoms with E-state index in [1.54, 1.807) is 6.33 Å². The largest absolute Gasteiger partial charge is 0.399 e. The summed E-state index contributed by atoms with van der Waals surface area (Å²) in [5.41, 5.74) is 24.7. The van der Waals surface area contributed by atoms with Gasteiger partial charge in [0, 0.05) is 28.3 Å². The van der Waals surface area contributed by atoms with Crippen molar-refractivity contribution in [1.29, 1.82) is 0 Å². The third kappa shape index (κ3) is 2.23. The van der Waals surface area contributed by atoms with Crippen molar-refractivity contribution in [3.8, 4) is 16.8 Å². The third-order valence-corrected chi connectivity index (χ3v) is 4.12. The summed E-state index contributed by atoms with van der Waals surface area (Å²) in [6.07, 6.45) is 1.80. The Morgan fingerprint density at radius 3 is 2.00 bits per heavy atom. The van der Waals surface area contributed by atoms with Crippen LogP contribution in [-0.2, 0) is 0 Å². The number of imidazole rings is 1. The van der Waals surface area contributed by atoms with Gasteiger partial charge in [0.15, 0.2) is 0 Å². The molecule has 0 aliphatic rings. The van der Waals surface area contributed by atoms with E-state index in [0.29, 0.717) is 5.69 Å². The molecular weight excluding hydrogens is 298 g/mol. The summed E-state index contributed by atoms with van der Waals surface area (Å²) in [5.74, 6) is 0. The molecule has 5 heteroatoms. The molecule has 24 heavy (non-hydrogen) atoms. The van der Waals surface area contributed by atoms with Gasteiger partial charge in [0.25, 0.3) is 0 Å². The summed E-state index contributed by atoms with van der Waals surface area (Å²) >= 11 is 0. The molecule has 0 atom stereocenters. The fourth-order valence-electron chi connectivity index (χ4n) is 2.89. The fraction of sp³-hybridized carbons (Fsp3) is 0. The molecular formula is C19H17N5. The van der Waals surface area contributed by atoms with E-state index in [0.717, 1.165) is 39.2 Å². The molecule has 0 saturated heterocycles. The van der Waals surface area contributed by atoms with Crippen LogP contribution in [0.25, 0.3) is 27.8 Å². The first-order valence-electron chi connectivity index (χ1n) is 7.61. The Bertz CT molecular complexity index is 1010. The summed E-state index contributed by atoms with van der Waals surface area (Å²) in [5, 5.41) is 0. The van der Waals surface area contributed by atoms with Crippen molar-refractivity contribution < 1.29 is 0 Å². The highest BCUT2D eigenvalue weighted by Crippen LogP contribution is 2.34. The molecule has 3 aromatic carbocycles. The maximum Gasteiger partial charge on any atom is 0.100 e. The second-order valence-corrected chi connectivity index (χ2v) is 5.73. The van der Waals surface area contributed by atoms with Crippen molar-refractivity contribution in [1.82, 2.24) is 9.55 Å². The number of benzene rings is 3. The lowest BCUT2D eigenvalue weighted by molar-refractivity contribution is 1.09. The van der Waals surface area contributed by atoms with Crippen LogP contribution in [0.5, 0.6) is 0 Å². The van der Waals surface area contributed by atoms with E-state index in [1.165, 1.54) is 0 Å². The van der Waals surface area contributed by atoms with Gasteiger partial charge in [-0.25, -0.2) is 4.98 Å². The maximum absolute atomic E-state index is 6.23. The highest BCUT2D eigenvalue weighted by Gasteiger charge is 2.13. The number of hydrogen-bond acceptors (Lipinski definition) is 4. The van der Waals surface area contributed by atoms with Crippen LogP contribution in [0.4, 0.5) is 17.1 Å². The van der Waals surface area contributed by atoms with Crippen LogP contribution >= 0.6 is 0 Å². The minimum atomic E-state index is 0.690. The molecule has 5 nitrogen and oxygen atoms in total. The van der Waals surface area contributed by atoms with Crippen molar-refractivity contribution >= 4 is 28.1 Å². The Kier molecular flexibility index (Phi) is 3.13. The first kappa shape index (κ1) is 14.1. The van der Waals surface area contributed by atoms with Gasteiger partial charge in [-0.05, 0) is 54.1 Å². The Hall–Kier alpha value is -3.47. The molecule has 0 saturated carbocycles. The predicted octanol–water partition coefficient (Wildman–Crippen LogP) is 3.44. The molecule has 1 heterocycles. The smallest absolute Gasteiger partial charge is 0.100 e. The van der Waals surface area contributed by atoms with Gasteiger partial charge >= 0.3 is 0 Å². The summed E-state index contributed by atoms with van der Waals surface area (Å²) in [7, 11) is 0. The highest BCUT2D eigenvalue weighted by atomic mass is 15.0. The van der Waals surface area contributed by atoms with Crippen molar-refractivity contribution in [2.24, 2.45) is 0 Å². The molecule has 0 spiro atoms. The number of nitrogen functional groups attached to an aromatic ring is 3. The topological polar surface area (TPSA) is 95.9 Å². The molecule has 6 N–H and O–H groups in total.